The van der Waals surface area contributed by atoms with E-state index in [2.05, 4.69) is 4.84 Å². The summed E-state index contributed by atoms with van der Waals surface area (Å²) in [5, 5.41) is 0.486. The first-order chi connectivity index (χ1) is 7.58. The number of aryl methyl sites for hydroxylation is 1. The van der Waals surface area contributed by atoms with E-state index in [0.29, 0.717) is 10.8 Å². The van der Waals surface area contributed by atoms with E-state index in [9.17, 15) is 14.4 Å². The van der Waals surface area contributed by atoms with Crippen LogP contribution in [0.3, 0.4) is 0 Å². The van der Waals surface area contributed by atoms with E-state index in [1.54, 1.807) is 13.0 Å². The summed E-state index contributed by atoms with van der Waals surface area (Å²) < 4.78 is 5.00. The summed E-state index contributed by atoms with van der Waals surface area (Å²) in [6.07, 6.45) is 0.145. The van der Waals surface area contributed by atoms with E-state index in [4.69, 9.17) is 4.42 Å². The number of hydrogen-bond acceptors (Lipinski definition) is 5. The first-order valence-electron chi connectivity index (χ1n) is 4.72. The van der Waals surface area contributed by atoms with Gasteiger partial charge >= 0.3 is 5.97 Å². The summed E-state index contributed by atoms with van der Waals surface area (Å²) in [5.41, 5.74) is 0. The van der Waals surface area contributed by atoms with Gasteiger partial charge in [0.05, 0.1) is 0 Å². The highest BCUT2D eigenvalue weighted by atomic mass is 16.7. The Hall–Kier alpha value is -2.11. The molecule has 2 heterocycles. The van der Waals surface area contributed by atoms with Crippen molar-refractivity contribution in [1.82, 2.24) is 5.06 Å². The fraction of sp³-hybridized carbons (Fsp3) is 0.300. The Balaban J connectivity index is 2.08. The number of furan rings is 1. The van der Waals surface area contributed by atoms with Gasteiger partial charge in [-0.1, -0.05) is 0 Å². The molecule has 0 radical (unpaired) electrons. The third-order valence-electron chi connectivity index (χ3n) is 2.12. The number of amides is 2. The van der Waals surface area contributed by atoms with Crippen molar-refractivity contribution in [2.24, 2.45) is 0 Å². The van der Waals surface area contributed by atoms with Crippen LogP contribution in [0.4, 0.5) is 0 Å². The van der Waals surface area contributed by atoms with E-state index >= 15 is 0 Å². The Labute approximate surface area is 90.7 Å². The largest absolute Gasteiger partial charge is 0.454 e. The molecule has 6 heteroatoms. The summed E-state index contributed by atoms with van der Waals surface area (Å²) in [6, 6.07) is 3.01. The van der Waals surface area contributed by atoms with Crippen LogP contribution in [0.5, 0.6) is 0 Å². The highest BCUT2D eigenvalue weighted by Gasteiger charge is 2.33. The Kier molecular flexibility index (Phi) is 2.47. The third-order valence-corrected chi connectivity index (χ3v) is 2.12. The molecule has 0 atom stereocenters. The maximum atomic E-state index is 11.4. The number of hydroxylamine groups is 2. The first-order valence-corrected chi connectivity index (χ1v) is 4.72. The Morgan fingerprint density at radius 1 is 1.31 bits per heavy atom. The molecule has 0 saturated carbocycles. The molecule has 1 aromatic heterocycles. The predicted molar refractivity (Wildman–Crippen MR) is 49.9 cm³/mol. The Morgan fingerprint density at radius 2 is 1.94 bits per heavy atom. The van der Waals surface area contributed by atoms with Crippen LogP contribution in [0.15, 0.2) is 16.5 Å². The Bertz CT molecular complexity index is 446. The second-order valence-corrected chi connectivity index (χ2v) is 3.37. The summed E-state index contributed by atoms with van der Waals surface area (Å²) in [6.45, 7) is 1.67. The van der Waals surface area contributed by atoms with Crippen molar-refractivity contribution >= 4 is 17.8 Å². The quantitative estimate of drug-likeness (QED) is 0.693. The van der Waals surface area contributed by atoms with Crippen LogP contribution in [-0.4, -0.2) is 22.8 Å². The van der Waals surface area contributed by atoms with Gasteiger partial charge in [0.2, 0.25) is 5.76 Å². The van der Waals surface area contributed by atoms with Crippen LogP contribution in [0, 0.1) is 6.92 Å². The average Bonchev–Trinajstić information content (AvgIpc) is 2.79. The van der Waals surface area contributed by atoms with Gasteiger partial charge in [0.25, 0.3) is 11.8 Å². The summed E-state index contributed by atoms with van der Waals surface area (Å²) in [4.78, 5) is 38.4. The minimum atomic E-state index is -0.850. The molecule has 6 nitrogen and oxygen atoms in total. The molecule has 1 saturated heterocycles. The van der Waals surface area contributed by atoms with Crippen LogP contribution in [0.1, 0.15) is 29.2 Å². The van der Waals surface area contributed by atoms with Crippen LogP contribution in [-0.2, 0) is 14.4 Å². The van der Waals surface area contributed by atoms with Crippen LogP contribution < -0.4 is 0 Å². The van der Waals surface area contributed by atoms with Gasteiger partial charge in [-0.15, -0.1) is 5.06 Å². The molecule has 0 N–H and O–H groups in total. The smallest absolute Gasteiger partial charge is 0.398 e. The van der Waals surface area contributed by atoms with Crippen LogP contribution in [0.2, 0.25) is 0 Å². The van der Waals surface area contributed by atoms with Crippen molar-refractivity contribution in [2.45, 2.75) is 19.8 Å². The zero-order valence-corrected chi connectivity index (χ0v) is 8.56. The maximum Gasteiger partial charge on any atom is 0.398 e. The number of imide groups is 1. The van der Waals surface area contributed by atoms with Crippen molar-refractivity contribution in [3.05, 3.63) is 23.7 Å². The van der Waals surface area contributed by atoms with E-state index in [1.165, 1.54) is 6.07 Å². The molecule has 1 aliphatic heterocycles. The topological polar surface area (TPSA) is 76.8 Å². The average molecular weight is 223 g/mol. The number of rotatable bonds is 2. The molecule has 84 valence electrons. The Morgan fingerprint density at radius 3 is 2.44 bits per heavy atom. The molecule has 2 rings (SSSR count). The van der Waals surface area contributed by atoms with Gasteiger partial charge in [0.15, 0.2) is 0 Å². The molecule has 0 aliphatic carbocycles. The molecule has 0 unspecified atom stereocenters. The zero-order chi connectivity index (χ0) is 11.7. The first kappa shape index (κ1) is 10.4. The SMILES string of the molecule is Cc1ccc(C(=O)ON2C(=O)CCC2=O)o1. The number of nitrogens with zero attached hydrogens (tertiary/aromatic N) is 1. The number of carbonyl (C=O) groups is 3. The fourth-order valence-electron chi connectivity index (χ4n) is 1.33. The van der Waals surface area contributed by atoms with Gasteiger partial charge in [0.1, 0.15) is 5.76 Å². The molecule has 2 amide bonds. The highest BCUT2D eigenvalue weighted by molar-refractivity contribution is 6.02. The zero-order valence-electron chi connectivity index (χ0n) is 8.56. The lowest BCUT2D eigenvalue weighted by molar-refractivity contribution is -0.173. The van der Waals surface area contributed by atoms with Gasteiger partial charge in [-0.3, -0.25) is 9.59 Å². The molecular formula is C10H9NO5. The lowest BCUT2D eigenvalue weighted by atomic mass is 10.4. The fourth-order valence-corrected chi connectivity index (χ4v) is 1.33. The van der Waals surface area contributed by atoms with Crippen molar-refractivity contribution in [1.29, 1.82) is 0 Å². The van der Waals surface area contributed by atoms with Gasteiger partial charge in [-0.25, -0.2) is 4.79 Å². The molecule has 0 bridgehead atoms. The van der Waals surface area contributed by atoms with Crippen molar-refractivity contribution in [3.8, 4) is 0 Å². The lowest BCUT2D eigenvalue weighted by Crippen LogP contribution is -2.31. The van der Waals surface area contributed by atoms with E-state index in [1.807, 2.05) is 0 Å². The van der Waals surface area contributed by atoms with Crippen molar-refractivity contribution in [2.75, 3.05) is 0 Å². The molecular weight excluding hydrogens is 214 g/mol. The van der Waals surface area contributed by atoms with Gasteiger partial charge < -0.3 is 9.25 Å². The molecule has 1 aliphatic rings. The summed E-state index contributed by atoms with van der Waals surface area (Å²) in [5.74, 6) is -1.36. The van der Waals surface area contributed by atoms with Crippen molar-refractivity contribution in [3.63, 3.8) is 0 Å². The maximum absolute atomic E-state index is 11.4. The summed E-state index contributed by atoms with van der Waals surface area (Å²) in [7, 11) is 0. The normalized spacial score (nSPS) is 15.7. The van der Waals surface area contributed by atoms with Gasteiger partial charge in [-0.2, -0.15) is 0 Å². The van der Waals surface area contributed by atoms with Gasteiger partial charge in [-0.05, 0) is 19.1 Å². The second-order valence-electron chi connectivity index (χ2n) is 3.37. The lowest BCUT2D eigenvalue weighted by Gasteiger charge is -2.10. The minimum Gasteiger partial charge on any atom is -0.454 e. The van der Waals surface area contributed by atoms with E-state index in [-0.39, 0.29) is 18.6 Å². The highest BCUT2D eigenvalue weighted by Crippen LogP contribution is 2.15. The summed E-state index contributed by atoms with van der Waals surface area (Å²) >= 11 is 0. The van der Waals surface area contributed by atoms with Crippen LogP contribution in [0.25, 0.3) is 0 Å². The van der Waals surface area contributed by atoms with Crippen molar-refractivity contribution < 1.29 is 23.6 Å². The predicted octanol–water partition coefficient (Wildman–Crippen LogP) is 0.809. The standard InChI is InChI=1S/C10H9NO5/c1-6-2-3-7(15-6)10(14)16-11-8(12)4-5-9(11)13/h2-3H,4-5H2,1H3. The molecule has 16 heavy (non-hydrogen) atoms. The third kappa shape index (κ3) is 1.81. The number of carbonyl (C=O) groups excluding carboxylic acids is 3. The van der Waals surface area contributed by atoms with Gasteiger partial charge in [0, 0.05) is 12.8 Å². The van der Waals surface area contributed by atoms with E-state index < -0.39 is 17.8 Å². The molecule has 1 aromatic rings. The van der Waals surface area contributed by atoms with E-state index in [0.717, 1.165) is 0 Å². The van der Waals surface area contributed by atoms with Crippen LogP contribution >= 0.6 is 0 Å². The molecule has 0 aromatic carbocycles. The monoisotopic (exact) mass is 223 g/mol. The molecule has 0 spiro atoms. The minimum absolute atomic E-state index is 0.0370. The number of hydrogen-bond donors (Lipinski definition) is 0. The molecule has 1 fully saturated rings. The second kappa shape index (κ2) is 3.80.